The van der Waals surface area contributed by atoms with E-state index in [0.29, 0.717) is 12.1 Å². The number of rotatable bonds is 3. The van der Waals surface area contributed by atoms with E-state index in [1.54, 1.807) is 12.1 Å². The molecule has 2 fully saturated rings. The van der Waals surface area contributed by atoms with E-state index in [2.05, 4.69) is 0 Å². The number of carbonyl (C=O) groups is 1. The van der Waals surface area contributed by atoms with Crippen LogP contribution in [0.4, 0.5) is 11.4 Å². The van der Waals surface area contributed by atoms with E-state index in [1.807, 2.05) is 11.8 Å². The number of carboxylic acids is 1. The summed E-state index contributed by atoms with van der Waals surface area (Å²) >= 11 is 0. The molecule has 2 aliphatic rings. The van der Waals surface area contributed by atoms with Gasteiger partial charge >= 0.3 is 5.97 Å². The summed E-state index contributed by atoms with van der Waals surface area (Å²) in [6, 6.07) is 5.03. The fourth-order valence-electron chi connectivity index (χ4n) is 3.62. The van der Waals surface area contributed by atoms with Gasteiger partial charge in [-0.05, 0) is 37.8 Å². The molecule has 3 atom stereocenters. The van der Waals surface area contributed by atoms with Gasteiger partial charge in [-0.25, -0.2) is 0 Å². The Hall–Kier alpha value is -2.11. The molecule has 2 aliphatic heterocycles. The number of nitrogens with zero attached hydrogens (tertiary/aromatic N) is 2. The van der Waals surface area contributed by atoms with E-state index >= 15 is 0 Å². The molecule has 0 aromatic heterocycles. The van der Waals surface area contributed by atoms with Gasteiger partial charge in [0.15, 0.2) is 0 Å². The predicted octanol–water partition coefficient (Wildman–Crippen LogP) is 2.35. The minimum absolute atomic E-state index is 0.0681. The van der Waals surface area contributed by atoms with Crippen LogP contribution < -0.4 is 4.90 Å². The number of fused-ring (bicyclic) bond motifs is 2. The Kier molecular flexibility index (Phi) is 2.88. The quantitative estimate of drug-likeness (QED) is 0.676. The fraction of sp³-hybridized carbons (Fsp3) is 0.500. The number of hydrogen-bond acceptors (Lipinski definition) is 4. The van der Waals surface area contributed by atoms with Crippen LogP contribution in [0.2, 0.25) is 0 Å². The Morgan fingerprint density at radius 1 is 1.45 bits per heavy atom. The van der Waals surface area contributed by atoms with E-state index < -0.39 is 11.9 Å². The Morgan fingerprint density at radius 3 is 2.80 bits per heavy atom. The lowest BCUT2D eigenvalue weighted by molar-refractivity contribution is -0.384. The van der Waals surface area contributed by atoms with Crippen LogP contribution in [0, 0.1) is 23.0 Å². The molecule has 1 aromatic rings. The summed E-state index contributed by atoms with van der Waals surface area (Å²) in [6.07, 6.45) is 2.30. The van der Waals surface area contributed by atoms with Crippen LogP contribution in [0.5, 0.6) is 0 Å². The second kappa shape index (κ2) is 4.47. The minimum Gasteiger partial charge on any atom is -0.481 e. The van der Waals surface area contributed by atoms with Crippen molar-refractivity contribution in [2.24, 2.45) is 5.92 Å². The van der Waals surface area contributed by atoms with Crippen LogP contribution in [-0.4, -0.2) is 28.1 Å². The molecule has 1 N–H and O–H groups in total. The minimum atomic E-state index is -0.794. The van der Waals surface area contributed by atoms with Crippen molar-refractivity contribution < 1.29 is 14.8 Å². The lowest BCUT2D eigenvalue weighted by Crippen LogP contribution is -2.33. The van der Waals surface area contributed by atoms with E-state index in [-0.39, 0.29) is 22.7 Å². The summed E-state index contributed by atoms with van der Waals surface area (Å²) in [7, 11) is 0. The molecule has 2 saturated heterocycles. The first-order valence-corrected chi connectivity index (χ1v) is 6.75. The summed E-state index contributed by atoms with van der Waals surface area (Å²) in [5.74, 6) is -1.20. The highest BCUT2D eigenvalue weighted by atomic mass is 16.6. The molecule has 0 radical (unpaired) electrons. The van der Waals surface area contributed by atoms with Crippen molar-refractivity contribution in [2.45, 2.75) is 38.3 Å². The number of nitro benzene ring substituents is 1. The zero-order valence-corrected chi connectivity index (χ0v) is 11.2. The summed E-state index contributed by atoms with van der Waals surface area (Å²) in [6.45, 7) is 1.89. The lowest BCUT2D eigenvalue weighted by atomic mass is 9.89. The van der Waals surface area contributed by atoms with E-state index in [9.17, 15) is 20.0 Å². The number of aliphatic carboxylic acids is 1. The third-order valence-corrected chi connectivity index (χ3v) is 4.46. The van der Waals surface area contributed by atoms with Gasteiger partial charge in [-0.2, -0.15) is 0 Å². The van der Waals surface area contributed by atoms with E-state index in [1.165, 1.54) is 6.07 Å². The average Bonchev–Trinajstić information content (AvgIpc) is 2.95. The number of anilines is 1. The maximum atomic E-state index is 11.3. The number of nitro groups is 1. The first kappa shape index (κ1) is 12.9. The Labute approximate surface area is 116 Å². The molecule has 6 heteroatoms. The molecule has 2 bridgehead atoms. The zero-order chi connectivity index (χ0) is 14.4. The number of hydrogen-bond donors (Lipinski definition) is 1. The van der Waals surface area contributed by atoms with Crippen LogP contribution in [0.25, 0.3) is 0 Å². The summed E-state index contributed by atoms with van der Waals surface area (Å²) in [5.41, 5.74) is 1.59. The zero-order valence-electron chi connectivity index (χ0n) is 11.2. The van der Waals surface area contributed by atoms with Gasteiger partial charge in [-0.1, -0.05) is 6.07 Å². The first-order chi connectivity index (χ1) is 9.49. The Balaban J connectivity index is 2.04. The van der Waals surface area contributed by atoms with Crippen molar-refractivity contribution in [3.05, 3.63) is 33.9 Å². The molecule has 106 valence electrons. The molecule has 0 saturated carbocycles. The number of aryl methyl sites for hydroxylation is 1. The van der Waals surface area contributed by atoms with Crippen molar-refractivity contribution in [1.29, 1.82) is 0 Å². The molecule has 3 unspecified atom stereocenters. The standard InChI is InChI=1S/C14H16N2O4/c1-8-2-4-12(16(19)20)13(6-8)15-9-3-5-11(15)10(7-9)14(17)18/h2,4,6,9-11H,3,5,7H2,1H3,(H,17,18). The van der Waals surface area contributed by atoms with Crippen LogP contribution in [0.1, 0.15) is 24.8 Å². The highest BCUT2D eigenvalue weighted by Gasteiger charge is 2.50. The molecule has 0 aliphatic carbocycles. The van der Waals surface area contributed by atoms with Gasteiger partial charge in [-0.15, -0.1) is 0 Å². The summed E-state index contributed by atoms with van der Waals surface area (Å²) < 4.78 is 0. The van der Waals surface area contributed by atoms with Crippen molar-refractivity contribution >= 4 is 17.3 Å². The molecule has 0 spiro atoms. The van der Waals surface area contributed by atoms with Crippen molar-refractivity contribution in [2.75, 3.05) is 4.90 Å². The molecule has 2 heterocycles. The summed E-state index contributed by atoms with van der Waals surface area (Å²) in [4.78, 5) is 24.1. The molecule has 1 aromatic carbocycles. The fourth-order valence-corrected chi connectivity index (χ4v) is 3.62. The monoisotopic (exact) mass is 276 g/mol. The molecular weight excluding hydrogens is 260 g/mol. The largest absolute Gasteiger partial charge is 0.481 e. The molecule has 3 rings (SSSR count). The SMILES string of the molecule is Cc1ccc([N+](=O)[O-])c(N2C3CCC2C(C(=O)O)C3)c1. The van der Waals surface area contributed by atoms with Crippen molar-refractivity contribution in [3.63, 3.8) is 0 Å². The van der Waals surface area contributed by atoms with Crippen molar-refractivity contribution in [3.8, 4) is 0 Å². The number of carboxylic acid groups (broad SMARTS) is 1. The Morgan fingerprint density at radius 2 is 2.20 bits per heavy atom. The topological polar surface area (TPSA) is 83.7 Å². The lowest BCUT2D eigenvalue weighted by Gasteiger charge is -2.25. The van der Waals surface area contributed by atoms with E-state index in [4.69, 9.17) is 0 Å². The molecular formula is C14H16N2O4. The predicted molar refractivity (Wildman–Crippen MR) is 72.9 cm³/mol. The molecule has 20 heavy (non-hydrogen) atoms. The highest BCUT2D eigenvalue weighted by Crippen LogP contribution is 2.47. The second-order valence-electron chi connectivity index (χ2n) is 5.64. The van der Waals surface area contributed by atoms with Crippen LogP contribution >= 0.6 is 0 Å². The van der Waals surface area contributed by atoms with E-state index in [0.717, 1.165) is 18.4 Å². The number of benzene rings is 1. The van der Waals surface area contributed by atoms with Gasteiger partial charge in [0.05, 0.1) is 10.8 Å². The van der Waals surface area contributed by atoms with Gasteiger partial charge < -0.3 is 10.0 Å². The van der Waals surface area contributed by atoms with Gasteiger partial charge in [0, 0.05) is 18.2 Å². The first-order valence-electron chi connectivity index (χ1n) is 6.75. The maximum Gasteiger partial charge on any atom is 0.308 e. The average molecular weight is 276 g/mol. The van der Waals surface area contributed by atoms with Gasteiger partial charge in [0.2, 0.25) is 0 Å². The molecule has 0 amide bonds. The van der Waals surface area contributed by atoms with Gasteiger partial charge in [0.25, 0.3) is 5.69 Å². The maximum absolute atomic E-state index is 11.3. The van der Waals surface area contributed by atoms with Crippen LogP contribution in [0.15, 0.2) is 18.2 Å². The van der Waals surface area contributed by atoms with Crippen LogP contribution in [0.3, 0.4) is 0 Å². The third-order valence-electron chi connectivity index (χ3n) is 4.46. The Bertz CT molecular complexity index is 587. The van der Waals surface area contributed by atoms with Crippen LogP contribution in [-0.2, 0) is 4.79 Å². The molecule has 6 nitrogen and oxygen atoms in total. The second-order valence-corrected chi connectivity index (χ2v) is 5.64. The van der Waals surface area contributed by atoms with Crippen molar-refractivity contribution in [1.82, 2.24) is 0 Å². The highest BCUT2D eigenvalue weighted by molar-refractivity contribution is 5.76. The van der Waals surface area contributed by atoms with Gasteiger partial charge in [-0.3, -0.25) is 14.9 Å². The van der Waals surface area contributed by atoms with Gasteiger partial charge in [0.1, 0.15) is 5.69 Å². The smallest absolute Gasteiger partial charge is 0.308 e. The third kappa shape index (κ3) is 1.83. The normalized spacial score (nSPS) is 27.9. The summed E-state index contributed by atoms with van der Waals surface area (Å²) in [5, 5.41) is 20.5.